The van der Waals surface area contributed by atoms with Crippen molar-refractivity contribution in [3.63, 3.8) is 0 Å². The van der Waals surface area contributed by atoms with Gasteiger partial charge in [-0.3, -0.25) is 38.4 Å². The molecule has 556 valence electrons. The molecule has 4 aromatic rings. The van der Waals surface area contributed by atoms with Crippen molar-refractivity contribution in [3.8, 4) is 23.0 Å². The van der Waals surface area contributed by atoms with Crippen LogP contribution in [0.3, 0.4) is 0 Å². The van der Waals surface area contributed by atoms with Crippen molar-refractivity contribution < 1.29 is 76.3 Å². The van der Waals surface area contributed by atoms with Gasteiger partial charge in [0, 0.05) is 44.9 Å². The Morgan fingerprint density at radius 3 is 1.17 bits per heavy atom. The molecule has 0 aliphatic heterocycles. The number of carbonyl (C=O) groups excluding carboxylic acids is 8. The summed E-state index contributed by atoms with van der Waals surface area (Å²) in [5.74, 6) is -7.58. The van der Waals surface area contributed by atoms with Crippen LogP contribution in [-0.4, -0.2) is 108 Å². The first kappa shape index (κ1) is 79.3. The summed E-state index contributed by atoms with van der Waals surface area (Å²) in [5, 5.41) is 21.8. The van der Waals surface area contributed by atoms with Crippen LogP contribution in [0.4, 0.5) is 22.7 Å². The number of ether oxygens (including phenoxy) is 8. The number of methoxy groups -OCH3 is 4. The zero-order valence-corrected chi connectivity index (χ0v) is 60.8. The molecule has 0 heterocycles. The SMILES string of the molecule is C=C/C=C\C(N)=C(\C(=N)\C=C/C=C(/C=C/C=C(N)/C(=C(N)/C=C\CCc1c(OC)cccc1OC)c1c(NC(=O)[C@@H]2C[C@H]2C(=O)OCCC)cccc1NC(=O)[C@@H]1C[C@H]1C(=O)OCCC)c1c(OC)cccc1OC)c1c(NC(=O)[C@@H]2C[C@H]2C(=O)OCCC)cccc1NC(=O)[C@@H]1C[C@H]1C(=O)OCCC. The van der Waals surface area contributed by atoms with Gasteiger partial charge in [0.05, 0.1) is 136 Å². The molecule has 0 aromatic heterocycles. The van der Waals surface area contributed by atoms with Gasteiger partial charge in [-0.25, -0.2) is 0 Å². The number of amides is 4. The molecule has 11 N–H and O–H groups in total. The van der Waals surface area contributed by atoms with Crippen LogP contribution in [0.25, 0.3) is 16.7 Å². The van der Waals surface area contributed by atoms with Crippen molar-refractivity contribution in [1.29, 1.82) is 5.41 Å². The maximum absolute atomic E-state index is 14.3. The minimum atomic E-state index is -0.734. The van der Waals surface area contributed by atoms with Crippen molar-refractivity contribution in [3.05, 3.63) is 186 Å². The number of hydrogen-bond donors (Lipinski definition) is 8. The Morgan fingerprint density at radius 2 is 0.800 bits per heavy atom. The van der Waals surface area contributed by atoms with E-state index in [0.29, 0.717) is 72.7 Å². The molecule has 4 aromatic carbocycles. The summed E-state index contributed by atoms with van der Waals surface area (Å²) >= 11 is 0. The maximum atomic E-state index is 14.3. The third-order valence-corrected chi connectivity index (χ3v) is 17.9. The van der Waals surface area contributed by atoms with Crippen molar-refractivity contribution in [1.82, 2.24) is 0 Å². The smallest absolute Gasteiger partial charge is 0.309 e. The van der Waals surface area contributed by atoms with Gasteiger partial charge in [-0.15, -0.1) is 0 Å². The summed E-state index contributed by atoms with van der Waals surface area (Å²) in [4.78, 5) is 109. The van der Waals surface area contributed by atoms with Gasteiger partial charge >= 0.3 is 23.9 Å². The number of nitrogens with one attached hydrogen (secondary N) is 5. The van der Waals surface area contributed by atoms with E-state index in [2.05, 4.69) is 27.8 Å². The van der Waals surface area contributed by atoms with Gasteiger partial charge in [0.15, 0.2) is 0 Å². The lowest BCUT2D eigenvalue weighted by Gasteiger charge is -2.21. The fraction of sp³-hybridized carbons (Fsp3) is 0.370. The highest BCUT2D eigenvalue weighted by atomic mass is 16.5. The molecule has 8 atom stereocenters. The lowest BCUT2D eigenvalue weighted by atomic mass is 9.93. The molecule has 8 rings (SSSR count). The van der Waals surface area contributed by atoms with Crippen LogP contribution in [0, 0.1) is 52.8 Å². The fourth-order valence-electron chi connectivity index (χ4n) is 12.1. The number of nitrogens with two attached hydrogens (primary N) is 3. The van der Waals surface area contributed by atoms with Gasteiger partial charge in [0.2, 0.25) is 23.6 Å². The van der Waals surface area contributed by atoms with Gasteiger partial charge in [0.1, 0.15) is 23.0 Å². The minimum Gasteiger partial charge on any atom is -0.496 e. The molecule has 24 nitrogen and oxygen atoms in total. The van der Waals surface area contributed by atoms with Crippen LogP contribution in [0.2, 0.25) is 0 Å². The molecule has 4 saturated carbocycles. The number of esters is 4. The number of carbonyl (C=O) groups is 8. The van der Waals surface area contributed by atoms with E-state index in [9.17, 15) is 43.8 Å². The van der Waals surface area contributed by atoms with Crippen LogP contribution in [-0.2, 0) is 63.7 Å². The number of anilines is 4. The monoisotopic (exact) mass is 1440 g/mol. The van der Waals surface area contributed by atoms with Crippen LogP contribution in [0.15, 0.2) is 163 Å². The molecule has 0 radical (unpaired) electrons. The highest BCUT2D eigenvalue weighted by Crippen LogP contribution is 2.47. The van der Waals surface area contributed by atoms with Crippen LogP contribution in [0.5, 0.6) is 23.0 Å². The van der Waals surface area contributed by atoms with E-state index in [-0.39, 0.29) is 120 Å². The number of benzene rings is 4. The summed E-state index contributed by atoms with van der Waals surface area (Å²) in [5.41, 5.74) is 24.3. The molecule has 105 heavy (non-hydrogen) atoms. The second-order valence-electron chi connectivity index (χ2n) is 25.6. The average molecular weight is 1440 g/mol. The summed E-state index contributed by atoms with van der Waals surface area (Å²) < 4.78 is 44.8. The summed E-state index contributed by atoms with van der Waals surface area (Å²) in [7, 11) is 6.12. The number of allylic oxidation sites excluding steroid dienone is 14. The van der Waals surface area contributed by atoms with Crippen molar-refractivity contribution in [2.45, 2.75) is 91.9 Å². The van der Waals surface area contributed by atoms with E-state index >= 15 is 0 Å². The average Bonchev–Trinajstić information content (AvgIpc) is 1.62. The van der Waals surface area contributed by atoms with Gasteiger partial charge < -0.3 is 81.8 Å². The fourth-order valence-corrected chi connectivity index (χ4v) is 12.1. The van der Waals surface area contributed by atoms with E-state index in [0.717, 1.165) is 5.56 Å². The molecule has 4 aliphatic rings. The quantitative estimate of drug-likeness (QED) is 0.00890. The Kier molecular flexibility index (Phi) is 28.8. The summed E-state index contributed by atoms with van der Waals surface area (Å²) in [6, 6.07) is 20.3. The lowest BCUT2D eigenvalue weighted by molar-refractivity contribution is -0.146. The standard InChI is InChI=1S/C81H96N8O16/c1-10-15-27-57(82)70(72-61(86-74(90)49-43-53(49)78(94)102-39-11-2)31-20-32-62(72)87-75(91)50-44-54(50)79(95)103-40-12-3)59(84)29-18-24-47(69-67(100-8)37-23-38-68(69)101-9)25-19-30-60(85)71(58(83)28-17-16-26-48-65(98-6)35-22-36-66(48)99-7)73-63(88-76(92)51-45-55(51)80(96)104-41-13-4)33-21-34-64(73)89-77(93)52-46-56(52)81(97)105-42-14-5/h10,15,17-25,27-38,49-56,84H,1,11-14,16,26,39-46,82-83,85H2,2-9H3,(H,86,90)(H,87,91)(H,88,92)(H,89,93)/b25-19+,27-15-,28-17-,29-18-,47-24-,60-30-,70-57+,71-58+,84-59?/t49-,50-,51-,52-,53-,54-,55-,56-/m1/s1. The van der Waals surface area contributed by atoms with E-state index < -0.39 is 94.8 Å². The maximum Gasteiger partial charge on any atom is 0.309 e. The van der Waals surface area contributed by atoms with Gasteiger partial charge in [0.25, 0.3) is 0 Å². The molecular weight excluding hydrogens is 1340 g/mol. The Balaban J connectivity index is 1.24. The Bertz CT molecular complexity index is 4020. The van der Waals surface area contributed by atoms with Gasteiger partial charge in [-0.1, -0.05) is 101 Å². The Morgan fingerprint density at radius 1 is 0.448 bits per heavy atom. The van der Waals surface area contributed by atoms with E-state index in [1.807, 2.05) is 52.0 Å². The zero-order valence-electron chi connectivity index (χ0n) is 60.8. The highest BCUT2D eigenvalue weighted by molar-refractivity contribution is 6.31. The van der Waals surface area contributed by atoms with E-state index in [4.69, 9.17) is 55.1 Å². The Hall–Kier alpha value is -11.4. The van der Waals surface area contributed by atoms with Gasteiger partial charge in [-0.05, 0) is 143 Å². The molecule has 0 bridgehead atoms. The molecule has 0 spiro atoms. The predicted molar refractivity (Wildman–Crippen MR) is 403 cm³/mol. The number of hydrogen-bond acceptors (Lipinski definition) is 20. The minimum absolute atomic E-state index is 0.0175. The second kappa shape index (κ2) is 38.2. The topological polar surface area (TPSA) is 360 Å². The lowest BCUT2D eigenvalue weighted by Crippen LogP contribution is -2.22. The first-order valence-corrected chi connectivity index (χ1v) is 35.4. The molecule has 4 fully saturated rings. The molecule has 0 saturated heterocycles. The van der Waals surface area contributed by atoms with Crippen LogP contribution >= 0.6 is 0 Å². The number of rotatable bonds is 39. The molecule has 24 heteroatoms. The van der Waals surface area contributed by atoms with Crippen molar-refractivity contribution in [2.24, 2.45) is 64.5 Å². The van der Waals surface area contributed by atoms with Crippen molar-refractivity contribution >= 4 is 92.7 Å². The molecule has 0 unspecified atom stereocenters. The summed E-state index contributed by atoms with van der Waals surface area (Å²) in [6.45, 7) is 12.1. The first-order valence-electron chi connectivity index (χ1n) is 35.4. The molecular formula is C81H96N8O16. The van der Waals surface area contributed by atoms with E-state index in [1.54, 1.807) is 111 Å². The highest BCUT2D eigenvalue weighted by Gasteiger charge is 2.52. The Labute approximate surface area is 612 Å². The predicted octanol–water partition coefficient (Wildman–Crippen LogP) is 11.9. The molecule has 4 aliphatic carbocycles. The largest absolute Gasteiger partial charge is 0.496 e. The third kappa shape index (κ3) is 20.7. The molecule has 4 amide bonds. The van der Waals surface area contributed by atoms with E-state index in [1.165, 1.54) is 32.4 Å². The van der Waals surface area contributed by atoms with Crippen molar-refractivity contribution in [2.75, 3.05) is 76.1 Å². The normalized spacial score (nSPS) is 19.8. The third-order valence-electron chi connectivity index (χ3n) is 17.9. The zero-order chi connectivity index (χ0) is 75.9. The van der Waals surface area contributed by atoms with Crippen LogP contribution in [0.1, 0.15) is 108 Å². The second-order valence-corrected chi connectivity index (χ2v) is 25.6. The summed E-state index contributed by atoms with van der Waals surface area (Å²) in [6.07, 6.45) is 21.9. The van der Waals surface area contributed by atoms with Gasteiger partial charge in [-0.2, -0.15) is 0 Å². The first-order chi connectivity index (χ1) is 50.7. The van der Waals surface area contributed by atoms with Crippen LogP contribution < -0.4 is 57.4 Å².